The van der Waals surface area contributed by atoms with Crippen molar-refractivity contribution in [2.75, 3.05) is 17.6 Å². The van der Waals surface area contributed by atoms with Gasteiger partial charge in [0.1, 0.15) is 0 Å². The van der Waals surface area contributed by atoms with Crippen LogP contribution in [0, 0.1) is 11.8 Å². The van der Waals surface area contributed by atoms with Crippen LogP contribution in [0.5, 0.6) is 0 Å². The first-order valence-electron chi connectivity index (χ1n) is 7.11. The molecule has 1 aliphatic rings. The van der Waals surface area contributed by atoms with Crippen molar-refractivity contribution in [2.24, 2.45) is 11.8 Å². The summed E-state index contributed by atoms with van der Waals surface area (Å²) in [5.41, 5.74) is 8.76. The molecule has 2 atom stereocenters. The molecule has 1 heterocycles. The summed E-state index contributed by atoms with van der Waals surface area (Å²) in [5, 5.41) is 4.70. The largest absolute Gasteiger partial charge is 0.397 e. The monoisotopic (exact) mass is 255 g/mol. The zero-order chi connectivity index (χ0) is 13.2. The Morgan fingerprint density at radius 2 is 2.21 bits per heavy atom. The van der Waals surface area contributed by atoms with Gasteiger partial charge in [0, 0.05) is 23.8 Å². The van der Waals surface area contributed by atoms with Crippen molar-refractivity contribution in [3.63, 3.8) is 0 Å². The van der Waals surface area contributed by atoms with E-state index in [0.29, 0.717) is 0 Å². The van der Waals surface area contributed by atoms with E-state index in [0.717, 1.165) is 40.7 Å². The second kappa shape index (κ2) is 5.08. The first-order valence-corrected chi connectivity index (χ1v) is 7.11. The van der Waals surface area contributed by atoms with Crippen molar-refractivity contribution < 1.29 is 0 Å². The average Bonchev–Trinajstić information content (AvgIpc) is 2.84. The Balaban J connectivity index is 1.79. The average molecular weight is 255 g/mol. The lowest BCUT2D eigenvalue weighted by Crippen LogP contribution is -2.11. The highest BCUT2D eigenvalue weighted by Gasteiger charge is 2.21. The van der Waals surface area contributed by atoms with Crippen LogP contribution in [0.25, 0.3) is 10.9 Å². The van der Waals surface area contributed by atoms with Crippen LogP contribution < -0.4 is 11.1 Å². The second-order valence-electron chi connectivity index (χ2n) is 5.77. The quantitative estimate of drug-likeness (QED) is 0.823. The third-order valence-corrected chi connectivity index (χ3v) is 4.19. The SMILES string of the molecule is CC1CCC(CNc2ccc(N)c3ncccc23)C1. The van der Waals surface area contributed by atoms with E-state index in [1.54, 1.807) is 6.20 Å². The Morgan fingerprint density at radius 3 is 3.00 bits per heavy atom. The maximum atomic E-state index is 5.97. The molecule has 0 amide bonds. The second-order valence-corrected chi connectivity index (χ2v) is 5.77. The molecule has 3 nitrogen and oxygen atoms in total. The van der Waals surface area contributed by atoms with Gasteiger partial charge in [-0.3, -0.25) is 4.98 Å². The van der Waals surface area contributed by atoms with Crippen LogP contribution in [0.3, 0.4) is 0 Å². The van der Waals surface area contributed by atoms with E-state index in [1.165, 1.54) is 19.3 Å². The molecule has 0 radical (unpaired) electrons. The van der Waals surface area contributed by atoms with E-state index < -0.39 is 0 Å². The molecule has 2 aromatic rings. The molecule has 0 bridgehead atoms. The lowest BCUT2D eigenvalue weighted by Gasteiger charge is -2.14. The maximum absolute atomic E-state index is 5.97. The Kier molecular flexibility index (Phi) is 3.28. The number of fused-ring (bicyclic) bond motifs is 1. The molecule has 0 aliphatic heterocycles. The van der Waals surface area contributed by atoms with Crippen molar-refractivity contribution in [2.45, 2.75) is 26.2 Å². The van der Waals surface area contributed by atoms with Crippen molar-refractivity contribution in [3.05, 3.63) is 30.5 Å². The molecule has 1 aromatic heterocycles. The number of hydrogen-bond acceptors (Lipinski definition) is 3. The van der Waals surface area contributed by atoms with Crippen LogP contribution >= 0.6 is 0 Å². The van der Waals surface area contributed by atoms with Crippen molar-refractivity contribution in [3.8, 4) is 0 Å². The fourth-order valence-electron chi connectivity index (χ4n) is 3.11. The summed E-state index contributed by atoms with van der Waals surface area (Å²) in [6.45, 7) is 3.40. The molecule has 1 aliphatic carbocycles. The predicted octanol–water partition coefficient (Wildman–Crippen LogP) is 3.67. The molecule has 3 rings (SSSR count). The highest BCUT2D eigenvalue weighted by Crippen LogP contribution is 2.32. The zero-order valence-corrected chi connectivity index (χ0v) is 11.4. The van der Waals surface area contributed by atoms with Gasteiger partial charge in [0.2, 0.25) is 0 Å². The molecule has 3 heteroatoms. The van der Waals surface area contributed by atoms with Gasteiger partial charge in [-0.05, 0) is 48.9 Å². The number of nitrogens with zero attached hydrogens (tertiary/aromatic N) is 1. The molecule has 1 fully saturated rings. The minimum atomic E-state index is 0.746. The van der Waals surface area contributed by atoms with Crippen molar-refractivity contribution >= 4 is 22.3 Å². The maximum Gasteiger partial charge on any atom is 0.0951 e. The van der Waals surface area contributed by atoms with Gasteiger partial charge in [-0.1, -0.05) is 13.3 Å². The lowest BCUT2D eigenvalue weighted by atomic mass is 10.1. The molecule has 1 saturated carbocycles. The molecule has 19 heavy (non-hydrogen) atoms. The number of anilines is 2. The summed E-state index contributed by atoms with van der Waals surface area (Å²) in [5.74, 6) is 1.69. The number of nitrogens with one attached hydrogen (secondary N) is 1. The first-order chi connectivity index (χ1) is 9.24. The molecule has 0 spiro atoms. The number of benzene rings is 1. The van der Waals surface area contributed by atoms with E-state index in [4.69, 9.17) is 5.73 Å². The molecule has 100 valence electrons. The predicted molar refractivity (Wildman–Crippen MR) is 81.2 cm³/mol. The molecule has 0 saturated heterocycles. The van der Waals surface area contributed by atoms with Gasteiger partial charge in [-0.15, -0.1) is 0 Å². The Labute approximate surface area is 114 Å². The van der Waals surface area contributed by atoms with Gasteiger partial charge in [0.15, 0.2) is 0 Å². The summed E-state index contributed by atoms with van der Waals surface area (Å²) in [6, 6.07) is 8.05. The van der Waals surface area contributed by atoms with Gasteiger partial charge < -0.3 is 11.1 Å². The first kappa shape index (κ1) is 12.3. The third kappa shape index (κ3) is 2.50. The summed E-state index contributed by atoms with van der Waals surface area (Å²) in [7, 11) is 0. The minimum absolute atomic E-state index is 0.746. The van der Waals surface area contributed by atoms with E-state index in [9.17, 15) is 0 Å². The highest BCUT2D eigenvalue weighted by atomic mass is 14.9. The molecule has 2 unspecified atom stereocenters. The van der Waals surface area contributed by atoms with Gasteiger partial charge in [-0.2, -0.15) is 0 Å². The number of aromatic nitrogens is 1. The normalized spacial score (nSPS) is 22.8. The van der Waals surface area contributed by atoms with Crippen LogP contribution in [0.15, 0.2) is 30.5 Å². The number of nitrogen functional groups attached to an aromatic ring is 1. The van der Waals surface area contributed by atoms with E-state index in [-0.39, 0.29) is 0 Å². The van der Waals surface area contributed by atoms with Crippen LogP contribution in [0.1, 0.15) is 26.2 Å². The molecular formula is C16H21N3. The zero-order valence-electron chi connectivity index (χ0n) is 11.4. The smallest absolute Gasteiger partial charge is 0.0951 e. The van der Waals surface area contributed by atoms with Crippen LogP contribution in [-0.4, -0.2) is 11.5 Å². The van der Waals surface area contributed by atoms with Crippen molar-refractivity contribution in [1.82, 2.24) is 4.98 Å². The Hall–Kier alpha value is -1.77. The highest BCUT2D eigenvalue weighted by molar-refractivity contribution is 5.98. The van der Waals surface area contributed by atoms with E-state index in [1.807, 2.05) is 12.1 Å². The summed E-state index contributed by atoms with van der Waals surface area (Å²) in [4.78, 5) is 4.37. The van der Waals surface area contributed by atoms with Crippen LogP contribution in [0.2, 0.25) is 0 Å². The van der Waals surface area contributed by atoms with Crippen LogP contribution in [0.4, 0.5) is 11.4 Å². The summed E-state index contributed by atoms with van der Waals surface area (Å²) >= 11 is 0. The van der Waals surface area contributed by atoms with Gasteiger partial charge in [0.25, 0.3) is 0 Å². The van der Waals surface area contributed by atoms with Crippen molar-refractivity contribution in [1.29, 1.82) is 0 Å². The van der Waals surface area contributed by atoms with Gasteiger partial charge in [0.05, 0.1) is 11.2 Å². The van der Waals surface area contributed by atoms with E-state index in [2.05, 4.69) is 29.4 Å². The fourth-order valence-corrected chi connectivity index (χ4v) is 3.11. The van der Waals surface area contributed by atoms with E-state index >= 15 is 0 Å². The Bertz CT molecular complexity index is 579. The minimum Gasteiger partial charge on any atom is -0.397 e. The van der Waals surface area contributed by atoms with Gasteiger partial charge >= 0.3 is 0 Å². The number of hydrogen-bond donors (Lipinski definition) is 2. The Morgan fingerprint density at radius 1 is 1.32 bits per heavy atom. The molecular weight excluding hydrogens is 234 g/mol. The third-order valence-electron chi connectivity index (χ3n) is 4.19. The topological polar surface area (TPSA) is 50.9 Å². The standard InChI is InChI=1S/C16H21N3/c1-11-4-5-12(9-11)10-19-15-7-6-14(17)16-13(15)3-2-8-18-16/h2-3,6-8,11-12,19H,4-5,9-10,17H2,1H3. The van der Waals surface area contributed by atoms with Gasteiger partial charge in [-0.25, -0.2) is 0 Å². The number of rotatable bonds is 3. The summed E-state index contributed by atoms with van der Waals surface area (Å²) in [6.07, 6.45) is 5.86. The number of pyridine rings is 1. The number of nitrogens with two attached hydrogens (primary N) is 1. The van der Waals surface area contributed by atoms with Crippen LogP contribution in [-0.2, 0) is 0 Å². The summed E-state index contributed by atoms with van der Waals surface area (Å²) < 4.78 is 0. The molecule has 1 aromatic carbocycles. The lowest BCUT2D eigenvalue weighted by molar-refractivity contribution is 0.537. The molecule has 3 N–H and O–H groups in total. The fraction of sp³-hybridized carbons (Fsp3) is 0.438.